The highest BCUT2D eigenvalue weighted by molar-refractivity contribution is 5.95. The molecule has 0 radical (unpaired) electrons. The third kappa shape index (κ3) is 14.4. The van der Waals surface area contributed by atoms with Crippen molar-refractivity contribution in [3.63, 3.8) is 0 Å². The molecule has 1 heterocycles. The molecule has 4 nitrogen and oxygen atoms in total. The minimum absolute atomic E-state index is 0. The molecule has 0 atom stereocenters. The number of nitrogens with zero attached hydrogens (tertiary/aromatic N) is 1. The molecule has 1 saturated heterocycles. The topological polar surface area (TPSA) is 41.8 Å². The summed E-state index contributed by atoms with van der Waals surface area (Å²) in [5.41, 5.74) is 0. The van der Waals surface area contributed by atoms with E-state index in [1.54, 1.807) is 4.90 Å². The fraction of sp³-hybridized carbons (Fsp3) is 0.913. The van der Waals surface area contributed by atoms with Crippen LogP contribution in [0.5, 0.6) is 0 Å². The Morgan fingerprint density at radius 3 is 1.29 bits per heavy atom. The van der Waals surface area contributed by atoms with Gasteiger partial charge >= 0.3 is 0 Å². The van der Waals surface area contributed by atoms with Crippen LogP contribution in [-0.4, -0.2) is 43.9 Å². The standard InChI is InChI=1S/C23H44N2O2.ClH/c1-24(2)20-17-21-25-22(26)18-15-13-11-9-7-5-3-4-6-8-10-12-14-16-19-23(25)27;/h3-21H2,1-2H3;1H. The van der Waals surface area contributed by atoms with E-state index < -0.39 is 0 Å². The summed E-state index contributed by atoms with van der Waals surface area (Å²) in [5.74, 6) is 0.123. The highest BCUT2D eigenvalue weighted by Crippen LogP contribution is 2.15. The zero-order valence-corrected chi connectivity index (χ0v) is 19.3. The van der Waals surface area contributed by atoms with Crippen molar-refractivity contribution in [1.82, 2.24) is 4.90 Å². The second-order valence-electron chi connectivity index (χ2n) is 8.70. The summed E-state index contributed by atoms with van der Waals surface area (Å²) in [7, 11) is 4.23. The van der Waals surface area contributed by atoms with Crippen LogP contribution in [0.4, 0.5) is 0 Å². The molecule has 2 amide bonds. The minimum atomic E-state index is 0. The summed E-state index contributed by atoms with van der Waals surface area (Å²) in [5, 5.41) is 0. The maximum absolute atomic E-state index is 12.6. The number of hydrogen-bond acceptors (Lipinski definition) is 2. The molecule has 0 spiro atoms. The van der Waals surface area contributed by atoms with E-state index in [-0.39, 0.29) is 24.2 Å². The van der Waals surface area contributed by atoms with Crippen molar-refractivity contribution in [1.29, 1.82) is 0 Å². The molecule has 1 fully saturated rings. The number of nitrogens with one attached hydrogen (secondary N) is 1. The summed E-state index contributed by atoms with van der Waals surface area (Å²) in [6, 6.07) is 0. The van der Waals surface area contributed by atoms with Crippen molar-refractivity contribution in [2.24, 2.45) is 0 Å². The zero-order chi connectivity index (χ0) is 19.7. The molecule has 166 valence electrons. The number of carbonyl (C=O) groups excluding carboxylic acids is 2. The van der Waals surface area contributed by atoms with Crippen molar-refractivity contribution >= 4 is 11.8 Å². The Labute approximate surface area is 180 Å². The van der Waals surface area contributed by atoms with Gasteiger partial charge in [0.15, 0.2) is 0 Å². The molecular formula is C23H45ClN2O2. The molecule has 0 aromatic rings. The van der Waals surface area contributed by atoms with E-state index in [4.69, 9.17) is 0 Å². The van der Waals surface area contributed by atoms with Crippen LogP contribution in [0.15, 0.2) is 0 Å². The number of carbonyl (C=O) groups is 2. The molecule has 0 saturated carbocycles. The molecule has 0 aromatic heterocycles. The van der Waals surface area contributed by atoms with Gasteiger partial charge in [0.05, 0.1) is 20.6 Å². The minimum Gasteiger partial charge on any atom is -1.00 e. The number of imide groups is 1. The van der Waals surface area contributed by atoms with Gasteiger partial charge in [-0.2, -0.15) is 0 Å². The van der Waals surface area contributed by atoms with E-state index in [0.29, 0.717) is 19.4 Å². The summed E-state index contributed by atoms with van der Waals surface area (Å²) in [6.45, 7) is 1.60. The molecule has 5 heteroatoms. The van der Waals surface area contributed by atoms with E-state index in [0.717, 1.165) is 38.6 Å². The van der Waals surface area contributed by atoms with Crippen LogP contribution < -0.4 is 17.3 Å². The fourth-order valence-corrected chi connectivity index (χ4v) is 3.92. The zero-order valence-electron chi connectivity index (χ0n) is 18.6. The van der Waals surface area contributed by atoms with E-state index in [2.05, 4.69) is 14.1 Å². The second kappa shape index (κ2) is 18.4. The fourth-order valence-electron chi connectivity index (χ4n) is 3.92. The lowest BCUT2D eigenvalue weighted by atomic mass is 10.0. The summed E-state index contributed by atoms with van der Waals surface area (Å²) in [4.78, 5) is 28.2. The van der Waals surface area contributed by atoms with Gasteiger partial charge in [-0.05, 0) is 12.8 Å². The first kappa shape index (κ1) is 27.4. The molecule has 0 bridgehead atoms. The number of hydrogen-bond donors (Lipinski definition) is 1. The van der Waals surface area contributed by atoms with Gasteiger partial charge in [-0.25, -0.2) is 0 Å². The third-order valence-corrected chi connectivity index (χ3v) is 5.69. The van der Waals surface area contributed by atoms with Gasteiger partial charge in [-0.3, -0.25) is 14.5 Å². The number of rotatable bonds is 4. The molecular weight excluding hydrogens is 372 g/mol. The third-order valence-electron chi connectivity index (χ3n) is 5.69. The predicted octanol–water partition coefficient (Wildman–Crippen LogP) is 1.14. The van der Waals surface area contributed by atoms with Gasteiger partial charge in [0.25, 0.3) is 0 Å². The summed E-state index contributed by atoms with van der Waals surface area (Å²) < 4.78 is 0. The Morgan fingerprint density at radius 2 is 0.964 bits per heavy atom. The number of quaternary nitrogens is 1. The molecule has 1 N–H and O–H groups in total. The van der Waals surface area contributed by atoms with Gasteiger partial charge in [0.1, 0.15) is 0 Å². The van der Waals surface area contributed by atoms with Crippen LogP contribution in [0, 0.1) is 0 Å². The summed E-state index contributed by atoms with van der Waals surface area (Å²) in [6.07, 6.45) is 19.3. The number of amides is 2. The normalized spacial score (nSPS) is 20.2. The van der Waals surface area contributed by atoms with Crippen molar-refractivity contribution in [3.8, 4) is 0 Å². The van der Waals surface area contributed by atoms with Crippen LogP contribution in [0.3, 0.4) is 0 Å². The summed E-state index contributed by atoms with van der Waals surface area (Å²) >= 11 is 0. The maximum atomic E-state index is 12.6. The molecule has 0 aromatic carbocycles. The first-order valence-corrected chi connectivity index (χ1v) is 11.7. The Morgan fingerprint density at radius 1 is 0.643 bits per heavy atom. The maximum Gasteiger partial charge on any atom is 0.229 e. The highest BCUT2D eigenvalue weighted by atomic mass is 35.5. The predicted molar refractivity (Wildman–Crippen MR) is 113 cm³/mol. The van der Waals surface area contributed by atoms with E-state index in [1.165, 1.54) is 69.1 Å². The lowest BCUT2D eigenvalue weighted by Gasteiger charge is -2.21. The van der Waals surface area contributed by atoms with Crippen molar-refractivity contribution in [2.75, 3.05) is 27.2 Å². The molecule has 28 heavy (non-hydrogen) atoms. The first-order valence-electron chi connectivity index (χ1n) is 11.7. The quantitative estimate of drug-likeness (QED) is 0.698. The number of halogens is 1. The smallest absolute Gasteiger partial charge is 0.229 e. The van der Waals surface area contributed by atoms with Gasteiger partial charge in [-0.15, -0.1) is 0 Å². The highest BCUT2D eigenvalue weighted by Gasteiger charge is 2.20. The van der Waals surface area contributed by atoms with E-state index >= 15 is 0 Å². The Kier molecular flexibility index (Phi) is 18.0. The molecule has 1 aliphatic heterocycles. The monoisotopic (exact) mass is 416 g/mol. The Hall–Kier alpha value is -0.610. The molecule has 0 unspecified atom stereocenters. The first-order chi connectivity index (χ1) is 13.1. The van der Waals surface area contributed by atoms with Crippen molar-refractivity contribution in [3.05, 3.63) is 0 Å². The molecule has 1 rings (SSSR count). The van der Waals surface area contributed by atoms with Crippen molar-refractivity contribution in [2.45, 2.75) is 109 Å². The Balaban J connectivity index is 0.00000729. The molecule has 1 aliphatic rings. The van der Waals surface area contributed by atoms with E-state index in [1.807, 2.05) is 0 Å². The average Bonchev–Trinajstić information content (AvgIpc) is 2.63. The van der Waals surface area contributed by atoms with Gasteiger partial charge in [0, 0.05) is 25.8 Å². The lowest BCUT2D eigenvalue weighted by molar-refractivity contribution is -0.858. The SMILES string of the molecule is C[NH+](C)CCCN1C(=O)CCCCCCCCCCCCCCCCC1=O.[Cl-]. The van der Waals surface area contributed by atoms with Gasteiger partial charge in [0.2, 0.25) is 11.8 Å². The van der Waals surface area contributed by atoms with Crippen LogP contribution in [0.1, 0.15) is 109 Å². The van der Waals surface area contributed by atoms with Gasteiger partial charge < -0.3 is 17.3 Å². The van der Waals surface area contributed by atoms with Crippen molar-refractivity contribution < 1.29 is 26.9 Å². The van der Waals surface area contributed by atoms with Crippen LogP contribution >= 0.6 is 0 Å². The van der Waals surface area contributed by atoms with Crippen LogP contribution in [-0.2, 0) is 9.59 Å². The van der Waals surface area contributed by atoms with Crippen LogP contribution in [0.2, 0.25) is 0 Å². The Bertz CT molecular complexity index is 372. The second-order valence-corrected chi connectivity index (χ2v) is 8.70. The largest absolute Gasteiger partial charge is 1.00 e. The lowest BCUT2D eigenvalue weighted by Crippen LogP contribution is -3.05. The molecule has 0 aliphatic carbocycles. The van der Waals surface area contributed by atoms with E-state index in [9.17, 15) is 9.59 Å². The average molecular weight is 417 g/mol. The van der Waals surface area contributed by atoms with Gasteiger partial charge in [-0.1, -0.05) is 77.0 Å². The van der Waals surface area contributed by atoms with Crippen LogP contribution in [0.25, 0.3) is 0 Å².